The van der Waals surface area contributed by atoms with Gasteiger partial charge in [-0.2, -0.15) is 0 Å². The first-order valence-corrected chi connectivity index (χ1v) is 7.64. The van der Waals surface area contributed by atoms with Gasteiger partial charge in [0.05, 0.1) is 6.10 Å². The van der Waals surface area contributed by atoms with Gasteiger partial charge in [-0.25, -0.2) is 0 Å². The number of aromatic nitrogens is 2. The molecular weight excluding hydrogens is 302 g/mol. The van der Waals surface area contributed by atoms with Crippen molar-refractivity contribution in [2.45, 2.75) is 22.3 Å². The predicted molar refractivity (Wildman–Crippen MR) is 80.4 cm³/mol. The van der Waals surface area contributed by atoms with Gasteiger partial charge < -0.3 is 10.0 Å². The molecule has 1 aromatic carbocycles. The molecule has 0 aliphatic carbocycles. The zero-order valence-electron chi connectivity index (χ0n) is 10.8. The van der Waals surface area contributed by atoms with Gasteiger partial charge in [0, 0.05) is 24.0 Å². The van der Waals surface area contributed by atoms with Crippen LogP contribution in [-0.2, 0) is 0 Å². The Morgan fingerprint density at radius 2 is 2.11 bits per heavy atom. The smallest absolute Gasteiger partial charge is 0.208 e. The van der Waals surface area contributed by atoms with Crippen LogP contribution < -0.4 is 4.90 Å². The Hall–Kier alpha value is -0.820. The summed E-state index contributed by atoms with van der Waals surface area (Å²) in [6, 6.07) is 5.60. The van der Waals surface area contributed by atoms with Crippen molar-refractivity contribution in [3.05, 3.63) is 28.8 Å². The van der Waals surface area contributed by atoms with Crippen LogP contribution in [0.1, 0.15) is 18.6 Å². The molecule has 0 radical (unpaired) electrons. The summed E-state index contributed by atoms with van der Waals surface area (Å²) in [4.78, 5) is 2.90. The third-order valence-electron chi connectivity index (χ3n) is 2.41. The largest absolute Gasteiger partial charge is 0.389 e. The first-order valence-electron chi connectivity index (χ1n) is 5.63. The van der Waals surface area contributed by atoms with Crippen molar-refractivity contribution in [2.24, 2.45) is 0 Å². The molecule has 1 heterocycles. The van der Waals surface area contributed by atoms with Crippen molar-refractivity contribution in [2.75, 3.05) is 19.0 Å². The first-order chi connectivity index (χ1) is 8.97. The Kier molecular flexibility index (Phi) is 4.67. The Labute approximate surface area is 125 Å². The number of aliphatic hydroxyl groups excluding tert-OH is 1. The molecule has 1 atom stereocenters. The molecule has 0 amide bonds. The lowest BCUT2D eigenvalue weighted by atomic mass is 10.1. The quantitative estimate of drug-likeness (QED) is 0.936. The van der Waals surface area contributed by atoms with E-state index in [0.717, 1.165) is 19.9 Å². The molecule has 0 spiro atoms. The molecule has 0 fully saturated rings. The Morgan fingerprint density at radius 1 is 1.37 bits per heavy atom. The first kappa shape index (κ1) is 14.6. The van der Waals surface area contributed by atoms with Crippen LogP contribution in [0.2, 0.25) is 5.02 Å². The second kappa shape index (κ2) is 6.09. The van der Waals surface area contributed by atoms with E-state index in [4.69, 9.17) is 11.6 Å². The summed E-state index contributed by atoms with van der Waals surface area (Å²) < 4.78 is 0.865. The fraction of sp³-hybridized carbons (Fsp3) is 0.333. The lowest BCUT2D eigenvalue weighted by Crippen LogP contribution is -2.07. The van der Waals surface area contributed by atoms with Crippen molar-refractivity contribution in [1.29, 1.82) is 0 Å². The minimum atomic E-state index is -0.562. The van der Waals surface area contributed by atoms with Crippen LogP contribution in [0.5, 0.6) is 0 Å². The lowest BCUT2D eigenvalue weighted by Gasteiger charge is -2.08. The number of hydrogen-bond donors (Lipinski definition) is 1. The van der Waals surface area contributed by atoms with E-state index in [1.54, 1.807) is 6.92 Å². The van der Waals surface area contributed by atoms with E-state index >= 15 is 0 Å². The van der Waals surface area contributed by atoms with Crippen LogP contribution in [-0.4, -0.2) is 29.4 Å². The Morgan fingerprint density at radius 3 is 2.63 bits per heavy atom. The van der Waals surface area contributed by atoms with Gasteiger partial charge in [0.25, 0.3) is 0 Å². The molecule has 19 heavy (non-hydrogen) atoms. The molecule has 1 aromatic heterocycles. The Bertz CT molecular complexity index is 572. The summed E-state index contributed by atoms with van der Waals surface area (Å²) in [5.41, 5.74) is 0.734. The molecule has 102 valence electrons. The second-order valence-corrected chi connectivity index (χ2v) is 6.89. The molecule has 2 aromatic rings. The highest BCUT2D eigenvalue weighted by Gasteiger charge is 2.10. The standard InChI is InChI=1S/C12H14ClN3OS2/c1-7(17)9-5-4-8(6-10(9)13)18-12-15-14-11(19-12)16(2)3/h4-7,17H,1-3H3. The fourth-order valence-corrected chi connectivity index (χ4v) is 3.62. The van der Waals surface area contributed by atoms with Gasteiger partial charge in [0.15, 0.2) is 4.34 Å². The van der Waals surface area contributed by atoms with Crippen LogP contribution in [0.3, 0.4) is 0 Å². The highest BCUT2D eigenvalue weighted by atomic mass is 35.5. The van der Waals surface area contributed by atoms with E-state index in [1.165, 1.54) is 23.1 Å². The van der Waals surface area contributed by atoms with Gasteiger partial charge in [-0.05, 0) is 24.6 Å². The third-order valence-corrected chi connectivity index (χ3v) is 4.86. The number of halogens is 1. The molecule has 0 saturated carbocycles. The van der Waals surface area contributed by atoms with Crippen LogP contribution in [0.25, 0.3) is 0 Å². The molecule has 0 saturated heterocycles. The minimum absolute atomic E-state index is 0.562. The van der Waals surface area contributed by atoms with Crippen LogP contribution in [0.15, 0.2) is 27.4 Å². The topological polar surface area (TPSA) is 49.3 Å². The van der Waals surface area contributed by atoms with Crippen molar-refractivity contribution >= 4 is 39.8 Å². The molecule has 2 rings (SSSR count). The van der Waals surface area contributed by atoms with Gasteiger partial charge in [-0.15, -0.1) is 10.2 Å². The summed E-state index contributed by atoms with van der Waals surface area (Å²) in [7, 11) is 3.87. The van der Waals surface area contributed by atoms with Gasteiger partial charge in [-0.3, -0.25) is 0 Å². The number of benzene rings is 1. The molecule has 1 N–H and O–H groups in total. The van der Waals surface area contributed by atoms with E-state index in [2.05, 4.69) is 10.2 Å². The van der Waals surface area contributed by atoms with Crippen LogP contribution in [0.4, 0.5) is 5.13 Å². The van der Waals surface area contributed by atoms with Crippen molar-refractivity contribution in [3.8, 4) is 0 Å². The predicted octanol–water partition coefficient (Wildman–Crippen LogP) is 3.46. The normalized spacial score (nSPS) is 12.5. The average molecular weight is 316 g/mol. The zero-order chi connectivity index (χ0) is 14.0. The summed E-state index contributed by atoms with van der Waals surface area (Å²) in [6.45, 7) is 1.70. The van der Waals surface area contributed by atoms with Crippen molar-refractivity contribution < 1.29 is 5.11 Å². The number of aliphatic hydroxyl groups is 1. The maximum atomic E-state index is 9.53. The molecule has 7 heteroatoms. The van der Waals surface area contributed by atoms with Crippen molar-refractivity contribution in [3.63, 3.8) is 0 Å². The summed E-state index contributed by atoms with van der Waals surface area (Å²) in [6.07, 6.45) is -0.562. The maximum Gasteiger partial charge on any atom is 0.208 e. The van der Waals surface area contributed by atoms with E-state index in [1.807, 2.05) is 37.2 Å². The molecule has 0 bridgehead atoms. The summed E-state index contributed by atoms with van der Waals surface area (Å²) >= 11 is 9.17. The fourth-order valence-electron chi connectivity index (χ4n) is 1.44. The molecule has 0 aliphatic rings. The van der Waals surface area contributed by atoms with E-state index < -0.39 is 6.10 Å². The number of nitrogens with zero attached hydrogens (tertiary/aromatic N) is 3. The highest BCUT2D eigenvalue weighted by Crippen LogP contribution is 2.35. The van der Waals surface area contributed by atoms with Gasteiger partial charge in [0.2, 0.25) is 5.13 Å². The van der Waals surface area contributed by atoms with Crippen LogP contribution >= 0.6 is 34.7 Å². The molecule has 0 aliphatic heterocycles. The number of anilines is 1. The maximum absolute atomic E-state index is 9.53. The highest BCUT2D eigenvalue weighted by molar-refractivity contribution is 8.01. The minimum Gasteiger partial charge on any atom is -0.389 e. The van der Waals surface area contributed by atoms with E-state index in [-0.39, 0.29) is 0 Å². The van der Waals surface area contributed by atoms with Crippen molar-refractivity contribution in [1.82, 2.24) is 10.2 Å². The molecular formula is C12H14ClN3OS2. The molecule has 1 unspecified atom stereocenters. The number of rotatable bonds is 4. The third kappa shape index (κ3) is 3.60. The lowest BCUT2D eigenvalue weighted by molar-refractivity contribution is 0.199. The second-order valence-electron chi connectivity index (χ2n) is 4.21. The average Bonchev–Trinajstić information content (AvgIpc) is 2.77. The molecule has 4 nitrogen and oxygen atoms in total. The van der Waals surface area contributed by atoms with Gasteiger partial charge in [0.1, 0.15) is 0 Å². The van der Waals surface area contributed by atoms with Crippen LogP contribution in [0, 0.1) is 0 Å². The van der Waals surface area contributed by atoms with E-state index in [9.17, 15) is 5.11 Å². The van der Waals surface area contributed by atoms with E-state index in [0.29, 0.717) is 5.02 Å². The van der Waals surface area contributed by atoms with Gasteiger partial charge in [-0.1, -0.05) is 40.8 Å². The SMILES string of the molecule is CC(O)c1ccc(Sc2nnc(N(C)C)s2)cc1Cl. The monoisotopic (exact) mass is 315 g/mol. The summed E-state index contributed by atoms with van der Waals surface area (Å²) in [5.74, 6) is 0. The summed E-state index contributed by atoms with van der Waals surface area (Å²) in [5, 5.41) is 19.2. The zero-order valence-corrected chi connectivity index (χ0v) is 13.2. The Balaban J connectivity index is 2.16. The number of hydrogen-bond acceptors (Lipinski definition) is 6. The van der Waals surface area contributed by atoms with Gasteiger partial charge >= 0.3 is 0 Å².